The SMILES string of the molecule is CC(C)(C)CC(=O)N[C@H]1CCCC[C@@H]1NC(=O)c1csc(COc2ccccc2)n1. The molecule has 1 aliphatic carbocycles. The zero-order valence-electron chi connectivity index (χ0n) is 17.9. The highest BCUT2D eigenvalue weighted by Crippen LogP contribution is 2.22. The van der Waals surface area contributed by atoms with Gasteiger partial charge in [0.05, 0.1) is 0 Å². The molecule has 2 amide bonds. The number of carbonyl (C=O) groups excluding carboxylic acids is 2. The van der Waals surface area contributed by atoms with E-state index in [2.05, 4.69) is 15.6 Å². The summed E-state index contributed by atoms with van der Waals surface area (Å²) in [4.78, 5) is 29.5. The summed E-state index contributed by atoms with van der Waals surface area (Å²) in [6.45, 7) is 6.48. The predicted octanol–water partition coefficient (Wildman–Crippen LogP) is 4.32. The predicted molar refractivity (Wildman–Crippen MR) is 119 cm³/mol. The van der Waals surface area contributed by atoms with Crippen molar-refractivity contribution >= 4 is 23.2 Å². The van der Waals surface area contributed by atoms with Crippen molar-refractivity contribution in [3.8, 4) is 5.75 Å². The fraction of sp³-hybridized carbons (Fsp3) is 0.522. The molecule has 1 saturated carbocycles. The highest BCUT2D eigenvalue weighted by Gasteiger charge is 2.29. The van der Waals surface area contributed by atoms with E-state index in [1.807, 2.05) is 51.1 Å². The van der Waals surface area contributed by atoms with Crippen LogP contribution in [0.15, 0.2) is 35.7 Å². The summed E-state index contributed by atoms with van der Waals surface area (Å²) in [5, 5.41) is 8.74. The van der Waals surface area contributed by atoms with Crippen molar-refractivity contribution in [1.82, 2.24) is 15.6 Å². The van der Waals surface area contributed by atoms with E-state index in [0.717, 1.165) is 36.4 Å². The fourth-order valence-corrected chi connectivity index (χ4v) is 4.29. The third-order valence-electron chi connectivity index (χ3n) is 5.01. The number of rotatable bonds is 7. The van der Waals surface area contributed by atoms with Crippen molar-refractivity contribution in [3.05, 3.63) is 46.4 Å². The number of hydrogen-bond acceptors (Lipinski definition) is 5. The lowest BCUT2D eigenvalue weighted by atomic mass is 9.88. The number of amides is 2. The molecule has 162 valence electrons. The van der Waals surface area contributed by atoms with E-state index in [4.69, 9.17) is 4.74 Å². The van der Waals surface area contributed by atoms with Crippen molar-refractivity contribution in [1.29, 1.82) is 0 Å². The highest BCUT2D eigenvalue weighted by atomic mass is 32.1. The Hall–Kier alpha value is -2.41. The maximum Gasteiger partial charge on any atom is 0.271 e. The Bertz CT molecular complexity index is 845. The van der Waals surface area contributed by atoms with Crippen LogP contribution in [0.3, 0.4) is 0 Å². The van der Waals surface area contributed by atoms with Crippen LogP contribution in [0.4, 0.5) is 0 Å². The first-order valence-corrected chi connectivity index (χ1v) is 11.4. The summed E-state index contributed by atoms with van der Waals surface area (Å²) < 4.78 is 5.70. The van der Waals surface area contributed by atoms with Gasteiger partial charge in [0.1, 0.15) is 23.1 Å². The molecular weight excluding hydrogens is 398 g/mol. The Labute approximate surface area is 182 Å². The van der Waals surface area contributed by atoms with Gasteiger partial charge in [0, 0.05) is 23.9 Å². The third kappa shape index (κ3) is 6.83. The van der Waals surface area contributed by atoms with Crippen LogP contribution in [-0.2, 0) is 11.4 Å². The minimum absolute atomic E-state index is 0.0305. The van der Waals surface area contributed by atoms with E-state index in [9.17, 15) is 9.59 Å². The molecule has 0 aliphatic heterocycles. The molecular formula is C23H31N3O3S. The molecule has 1 aromatic heterocycles. The Morgan fingerprint density at radius 3 is 2.43 bits per heavy atom. The summed E-state index contributed by atoms with van der Waals surface area (Å²) in [5.41, 5.74) is 0.341. The molecule has 0 spiro atoms. The smallest absolute Gasteiger partial charge is 0.271 e. The van der Waals surface area contributed by atoms with Crippen molar-refractivity contribution in [2.45, 2.75) is 71.6 Å². The standard InChI is InChI=1S/C23H31N3O3S/c1-23(2,3)13-20(27)24-17-11-7-8-12-18(17)26-22(28)19-15-30-21(25-19)14-29-16-9-5-4-6-10-16/h4-6,9-10,15,17-18H,7-8,11-14H2,1-3H3,(H,24,27)(H,26,28)/t17-,18-/m0/s1. The van der Waals surface area contributed by atoms with Gasteiger partial charge in [0.2, 0.25) is 5.91 Å². The lowest BCUT2D eigenvalue weighted by Crippen LogP contribution is -2.53. The molecule has 1 heterocycles. The third-order valence-corrected chi connectivity index (χ3v) is 5.83. The molecule has 3 rings (SSSR count). The van der Waals surface area contributed by atoms with Crippen LogP contribution in [0.2, 0.25) is 0 Å². The number of nitrogens with one attached hydrogen (secondary N) is 2. The van der Waals surface area contributed by atoms with Gasteiger partial charge in [-0.05, 0) is 30.4 Å². The van der Waals surface area contributed by atoms with Gasteiger partial charge < -0.3 is 15.4 Å². The Morgan fingerprint density at radius 1 is 1.10 bits per heavy atom. The zero-order chi connectivity index (χ0) is 21.6. The lowest BCUT2D eigenvalue weighted by molar-refractivity contribution is -0.123. The van der Waals surface area contributed by atoms with Gasteiger partial charge in [-0.15, -0.1) is 11.3 Å². The van der Waals surface area contributed by atoms with Crippen LogP contribution in [0.1, 0.15) is 68.4 Å². The number of thiazole rings is 1. The minimum atomic E-state index is -0.195. The topological polar surface area (TPSA) is 80.3 Å². The van der Waals surface area contributed by atoms with Gasteiger partial charge in [0.25, 0.3) is 5.91 Å². The van der Waals surface area contributed by atoms with Gasteiger partial charge >= 0.3 is 0 Å². The summed E-state index contributed by atoms with van der Waals surface area (Å²) >= 11 is 1.41. The molecule has 1 aromatic carbocycles. The van der Waals surface area contributed by atoms with Crippen LogP contribution in [0.25, 0.3) is 0 Å². The first kappa shape index (κ1) is 22.3. The maximum atomic E-state index is 12.7. The molecule has 1 fully saturated rings. The Balaban J connectivity index is 1.54. The Kier molecular flexibility index (Phi) is 7.48. The van der Waals surface area contributed by atoms with Gasteiger partial charge in [-0.3, -0.25) is 9.59 Å². The van der Waals surface area contributed by atoms with Gasteiger partial charge in [-0.1, -0.05) is 51.8 Å². The summed E-state index contributed by atoms with van der Waals surface area (Å²) in [6.07, 6.45) is 4.32. The maximum absolute atomic E-state index is 12.7. The van der Waals surface area contributed by atoms with Crippen molar-refractivity contribution in [2.24, 2.45) is 5.41 Å². The first-order valence-electron chi connectivity index (χ1n) is 10.5. The molecule has 0 radical (unpaired) electrons. The van der Waals surface area contributed by atoms with Crippen LogP contribution < -0.4 is 15.4 Å². The second-order valence-corrected chi connectivity index (χ2v) is 9.95. The van der Waals surface area contributed by atoms with Crippen molar-refractivity contribution in [3.63, 3.8) is 0 Å². The van der Waals surface area contributed by atoms with Crippen LogP contribution in [0.5, 0.6) is 5.75 Å². The van der Waals surface area contributed by atoms with Crippen LogP contribution in [0, 0.1) is 5.41 Å². The average molecular weight is 430 g/mol. The van der Waals surface area contributed by atoms with Gasteiger partial charge in [-0.25, -0.2) is 4.98 Å². The van der Waals surface area contributed by atoms with Crippen molar-refractivity contribution in [2.75, 3.05) is 0 Å². The molecule has 2 atom stereocenters. The van der Waals surface area contributed by atoms with Crippen LogP contribution in [-0.4, -0.2) is 28.9 Å². The normalized spacial score (nSPS) is 19.2. The summed E-state index contributed by atoms with van der Waals surface area (Å²) in [7, 11) is 0. The molecule has 0 saturated heterocycles. The van der Waals surface area contributed by atoms with E-state index in [-0.39, 0.29) is 29.3 Å². The average Bonchev–Trinajstić information content (AvgIpc) is 3.16. The largest absolute Gasteiger partial charge is 0.486 e. The van der Waals surface area contributed by atoms with E-state index >= 15 is 0 Å². The van der Waals surface area contributed by atoms with Gasteiger partial charge in [-0.2, -0.15) is 0 Å². The Morgan fingerprint density at radius 2 is 1.77 bits per heavy atom. The number of nitrogens with zero attached hydrogens (tertiary/aromatic N) is 1. The van der Waals surface area contributed by atoms with E-state index in [1.165, 1.54) is 11.3 Å². The second-order valence-electron chi connectivity index (χ2n) is 9.00. The molecule has 6 nitrogen and oxygen atoms in total. The number of aromatic nitrogens is 1. The minimum Gasteiger partial charge on any atom is -0.486 e. The summed E-state index contributed by atoms with van der Waals surface area (Å²) in [6, 6.07) is 9.44. The van der Waals surface area contributed by atoms with E-state index in [0.29, 0.717) is 18.7 Å². The summed E-state index contributed by atoms with van der Waals surface area (Å²) in [5.74, 6) is 0.622. The number of ether oxygens (including phenoxy) is 1. The monoisotopic (exact) mass is 429 g/mol. The first-order chi connectivity index (χ1) is 14.3. The number of para-hydroxylation sites is 1. The number of benzene rings is 1. The number of carbonyl (C=O) groups is 2. The second kappa shape index (κ2) is 10.1. The zero-order valence-corrected chi connectivity index (χ0v) is 18.8. The van der Waals surface area contributed by atoms with Crippen molar-refractivity contribution < 1.29 is 14.3 Å². The highest BCUT2D eigenvalue weighted by molar-refractivity contribution is 7.09. The quantitative estimate of drug-likeness (QED) is 0.687. The lowest BCUT2D eigenvalue weighted by Gasteiger charge is -2.33. The number of hydrogen-bond donors (Lipinski definition) is 2. The molecule has 7 heteroatoms. The van der Waals surface area contributed by atoms with Crippen LogP contribution >= 0.6 is 11.3 Å². The van der Waals surface area contributed by atoms with Gasteiger partial charge in [0.15, 0.2) is 0 Å². The van der Waals surface area contributed by atoms with E-state index < -0.39 is 0 Å². The molecule has 0 unspecified atom stereocenters. The van der Waals surface area contributed by atoms with E-state index in [1.54, 1.807) is 5.38 Å². The molecule has 0 bridgehead atoms. The molecule has 30 heavy (non-hydrogen) atoms. The molecule has 1 aliphatic rings. The fourth-order valence-electron chi connectivity index (χ4n) is 3.60. The molecule has 2 N–H and O–H groups in total. The molecule has 2 aromatic rings.